The van der Waals surface area contributed by atoms with Crippen molar-refractivity contribution >= 4 is 22.4 Å². The number of hydrogen-bond acceptors (Lipinski definition) is 6. The van der Waals surface area contributed by atoms with Gasteiger partial charge in [0.1, 0.15) is 11.6 Å². The zero-order valence-electron chi connectivity index (χ0n) is 15.4. The quantitative estimate of drug-likeness (QED) is 0.865. The molecular formula is C20H24N4OS. The van der Waals surface area contributed by atoms with E-state index in [-0.39, 0.29) is 11.6 Å². The normalized spacial score (nSPS) is 19.2. The SMILES string of the molecule is CC(C)(C)c1nsc(N2C=CC=CC2Oc2cccc3c2CCCN3)n1. The Balaban J connectivity index is 1.60. The third-order valence-electron chi connectivity index (χ3n) is 4.51. The number of benzene rings is 1. The fourth-order valence-corrected chi connectivity index (χ4v) is 3.96. The molecule has 0 spiro atoms. The van der Waals surface area contributed by atoms with Gasteiger partial charge >= 0.3 is 0 Å². The molecule has 3 heterocycles. The lowest BCUT2D eigenvalue weighted by molar-refractivity contribution is 0.250. The van der Waals surface area contributed by atoms with Crippen LogP contribution in [0.3, 0.4) is 0 Å². The van der Waals surface area contributed by atoms with E-state index in [2.05, 4.69) is 42.6 Å². The van der Waals surface area contributed by atoms with E-state index in [1.54, 1.807) is 0 Å². The van der Waals surface area contributed by atoms with Crippen LogP contribution in [-0.4, -0.2) is 22.1 Å². The van der Waals surface area contributed by atoms with Crippen molar-refractivity contribution in [3.63, 3.8) is 0 Å². The van der Waals surface area contributed by atoms with Crippen molar-refractivity contribution in [1.82, 2.24) is 9.36 Å². The second-order valence-electron chi connectivity index (χ2n) is 7.61. The van der Waals surface area contributed by atoms with Gasteiger partial charge in [-0.2, -0.15) is 4.37 Å². The molecule has 1 unspecified atom stereocenters. The Morgan fingerprint density at radius 1 is 1.27 bits per heavy atom. The van der Waals surface area contributed by atoms with Crippen LogP contribution in [0, 0.1) is 0 Å². The highest BCUT2D eigenvalue weighted by Crippen LogP contribution is 2.34. The van der Waals surface area contributed by atoms with Crippen LogP contribution in [-0.2, 0) is 11.8 Å². The first kappa shape index (κ1) is 17.1. The molecule has 0 saturated carbocycles. The molecule has 2 aliphatic heterocycles. The first-order valence-electron chi connectivity index (χ1n) is 9.02. The number of ether oxygens (including phenoxy) is 1. The number of nitrogens with one attached hydrogen (secondary N) is 1. The molecule has 26 heavy (non-hydrogen) atoms. The number of hydrogen-bond donors (Lipinski definition) is 1. The van der Waals surface area contributed by atoms with E-state index in [0.717, 1.165) is 36.1 Å². The lowest BCUT2D eigenvalue weighted by Gasteiger charge is -2.30. The number of nitrogens with zero attached hydrogens (tertiary/aromatic N) is 3. The highest BCUT2D eigenvalue weighted by molar-refractivity contribution is 7.09. The molecule has 0 aliphatic carbocycles. The van der Waals surface area contributed by atoms with Gasteiger partial charge in [-0.25, -0.2) is 4.98 Å². The predicted octanol–water partition coefficient (Wildman–Crippen LogP) is 4.49. The van der Waals surface area contributed by atoms with E-state index >= 15 is 0 Å². The van der Waals surface area contributed by atoms with Crippen molar-refractivity contribution in [1.29, 1.82) is 0 Å². The Bertz CT molecular complexity index is 850. The summed E-state index contributed by atoms with van der Waals surface area (Å²) in [4.78, 5) is 6.78. The van der Waals surface area contributed by atoms with Crippen molar-refractivity contribution < 1.29 is 4.74 Å². The first-order valence-corrected chi connectivity index (χ1v) is 9.80. The second-order valence-corrected chi connectivity index (χ2v) is 8.34. The lowest BCUT2D eigenvalue weighted by Crippen LogP contribution is -2.35. The molecule has 1 aromatic heterocycles. The number of rotatable bonds is 3. The standard InChI is InChI=1S/C20H24N4OS/c1-20(2,3)18-22-19(26-23-18)24-13-5-4-11-17(24)25-16-10-6-9-15-14(16)8-7-12-21-15/h4-6,9-11,13,17,21H,7-8,12H2,1-3H3. The summed E-state index contributed by atoms with van der Waals surface area (Å²) in [6.45, 7) is 7.40. The van der Waals surface area contributed by atoms with Crippen molar-refractivity contribution in [2.75, 3.05) is 16.8 Å². The average Bonchev–Trinajstić information content (AvgIpc) is 3.13. The van der Waals surface area contributed by atoms with Crippen LogP contribution in [0.2, 0.25) is 0 Å². The Hall–Kier alpha value is -2.34. The minimum absolute atomic E-state index is 0.0649. The Labute approximate surface area is 158 Å². The molecule has 2 aromatic rings. The van der Waals surface area contributed by atoms with Crippen LogP contribution >= 0.6 is 11.5 Å². The van der Waals surface area contributed by atoms with Gasteiger partial charge in [-0.3, -0.25) is 4.90 Å². The molecule has 2 aliphatic rings. The van der Waals surface area contributed by atoms with Gasteiger partial charge in [0.2, 0.25) is 5.13 Å². The minimum Gasteiger partial charge on any atom is -0.466 e. The molecule has 5 nitrogen and oxygen atoms in total. The summed E-state index contributed by atoms with van der Waals surface area (Å²) in [7, 11) is 0. The van der Waals surface area contributed by atoms with Gasteiger partial charge in [0.25, 0.3) is 0 Å². The zero-order chi connectivity index (χ0) is 18.1. The highest BCUT2D eigenvalue weighted by atomic mass is 32.1. The summed E-state index contributed by atoms with van der Waals surface area (Å²) in [5, 5.41) is 4.31. The van der Waals surface area contributed by atoms with Crippen LogP contribution < -0.4 is 15.0 Å². The molecule has 1 aromatic carbocycles. The molecule has 1 N–H and O–H groups in total. The zero-order valence-corrected chi connectivity index (χ0v) is 16.2. The number of allylic oxidation sites excluding steroid dienone is 2. The third kappa shape index (κ3) is 3.33. The molecular weight excluding hydrogens is 344 g/mol. The summed E-state index contributed by atoms with van der Waals surface area (Å²) in [6, 6.07) is 6.22. The lowest BCUT2D eigenvalue weighted by atomic mass is 9.96. The van der Waals surface area contributed by atoms with E-state index in [0.29, 0.717) is 0 Å². The van der Waals surface area contributed by atoms with E-state index in [1.165, 1.54) is 22.8 Å². The fraction of sp³-hybridized carbons (Fsp3) is 0.400. The van der Waals surface area contributed by atoms with E-state index in [4.69, 9.17) is 9.72 Å². The molecule has 6 heteroatoms. The van der Waals surface area contributed by atoms with Gasteiger partial charge in [-0.05, 0) is 37.1 Å². The van der Waals surface area contributed by atoms with Crippen molar-refractivity contribution in [2.45, 2.75) is 45.3 Å². The summed E-state index contributed by atoms with van der Waals surface area (Å²) in [5.74, 6) is 1.80. The summed E-state index contributed by atoms with van der Waals surface area (Å²) in [6.07, 6.45) is 10.0. The maximum absolute atomic E-state index is 6.40. The van der Waals surface area contributed by atoms with Crippen LogP contribution in [0.15, 0.2) is 42.6 Å². The highest BCUT2D eigenvalue weighted by Gasteiger charge is 2.26. The van der Waals surface area contributed by atoms with Crippen molar-refractivity contribution in [3.8, 4) is 5.75 Å². The van der Waals surface area contributed by atoms with Gasteiger partial charge in [-0.1, -0.05) is 32.9 Å². The Morgan fingerprint density at radius 3 is 2.96 bits per heavy atom. The number of aromatic nitrogens is 2. The summed E-state index contributed by atoms with van der Waals surface area (Å²) in [5.41, 5.74) is 2.38. The number of anilines is 2. The van der Waals surface area contributed by atoms with E-state index < -0.39 is 0 Å². The van der Waals surface area contributed by atoms with E-state index in [1.807, 2.05) is 35.4 Å². The smallest absolute Gasteiger partial charge is 0.212 e. The van der Waals surface area contributed by atoms with Crippen LogP contribution in [0.25, 0.3) is 0 Å². The second kappa shape index (κ2) is 6.76. The van der Waals surface area contributed by atoms with Crippen molar-refractivity contribution in [2.24, 2.45) is 0 Å². The fourth-order valence-electron chi connectivity index (χ4n) is 3.09. The van der Waals surface area contributed by atoms with Gasteiger partial charge in [-0.15, -0.1) is 0 Å². The molecule has 0 saturated heterocycles. The third-order valence-corrected chi connectivity index (χ3v) is 5.24. The molecule has 0 bridgehead atoms. The van der Waals surface area contributed by atoms with Gasteiger partial charge in [0.15, 0.2) is 6.23 Å². The Morgan fingerprint density at radius 2 is 2.15 bits per heavy atom. The van der Waals surface area contributed by atoms with Gasteiger partial charge < -0.3 is 10.1 Å². The molecule has 1 atom stereocenters. The molecule has 0 fully saturated rings. The summed E-state index contributed by atoms with van der Waals surface area (Å²) < 4.78 is 10.9. The first-order chi connectivity index (χ1) is 12.5. The predicted molar refractivity (Wildman–Crippen MR) is 107 cm³/mol. The van der Waals surface area contributed by atoms with Crippen molar-refractivity contribution in [3.05, 3.63) is 54.0 Å². The summed E-state index contributed by atoms with van der Waals surface area (Å²) >= 11 is 1.41. The van der Waals surface area contributed by atoms with E-state index in [9.17, 15) is 0 Å². The molecule has 4 rings (SSSR count). The maximum atomic E-state index is 6.40. The number of fused-ring (bicyclic) bond motifs is 1. The minimum atomic E-state index is -0.228. The monoisotopic (exact) mass is 368 g/mol. The van der Waals surface area contributed by atoms with Crippen LogP contribution in [0.1, 0.15) is 38.6 Å². The topological polar surface area (TPSA) is 50.3 Å². The largest absolute Gasteiger partial charge is 0.466 e. The Kier molecular flexibility index (Phi) is 4.44. The van der Waals surface area contributed by atoms with Crippen LogP contribution in [0.5, 0.6) is 5.75 Å². The van der Waals surface area contributed by atoms with Gasteiger partial charge in [0, 0.05) is 40.9 Å². The average molecular weight is 369 g/mol. The molecule has 136 valence electrons. The molecule has 0 radical (unpaired) electrons. The maximum Gasteiger partial charge on any atom is 0.212 e. The van der Waals surface area contributed by atoms with Crippen LogP contribution in [0.4, 0.5) is 10.8 Å². The van der Waals surface area contributed by atoms with Gasteiger partial charge in [0.05, 0.1) is 0 Å². The molecule has 0 amide bonds.